The van der Waals surface area contributed by atoms with E-state index in [-0.39, 0.29) is 27.9 Å². The topological polar surface area (TPSA) is 108 Å². The Kier molecular flexibility index (Phi) is 5.22. The summed E-state index contributed by atoms with van der Waals surface area (Å²) >= 11 is 5.92. The fourth-order valence-electron chi connectivity index (χ4n) is 2.67. The van der Waals surface area contributed by atoms with E-state index < -0.39 is 10.0 Å². The summed E-state index contributed by atoms with van der Waals surface area (Å²) in [6.45, 7) is 3.29. The third-order valence-corrected chi connectivity index (χ3v) is 5.82. The normalized spacial score (nSPS) is 11.5. The Labute approximate surface area is 167 Å². The molecule has 0 spiro atoms. The smallest absolute Gasteiger partial charge is 0.265 e. The van der Waals surface area contributed by atoms with Crippen LogP contribution in [0.5, 0.6) is 0 Å². The summed E-state index contributed by atoms with van der Waals surface area (Å²) in [6.07, 6.45) is 1.37. The molecule has 1 amide bonds. The first-order valence-electron chi connectivity index (χ1n) is 8.25. The number of benzene rings is 1. The van der Waals surface area contributed by atoms with Crippen molar-refractivity contribution in [3.8, 4) is 11.5 Å². The Morgan fingerprint density at radius 1 is 1.25 bits per heavy atom. The first kappa shape index (κ1) is 20.0. The molecule has 2 aromatic heterocycles. The largest absolute Gasteiger partial charge is 0.458 e. The molecule has 0 aliphatic carbocycles. The van der Waals surface area contributed by atoms with Gasteiger partial charge in [0.05, 0.1) is 17.4 Å². The molecule has 3 aromatic rings. The number of hydrogen-bond acceptors (Lipinski definition) is 5. The van der Waals surface area contributed by atoms with Gasteiger partial charge in [-0.05, 0) is 37.6 Å². The lowest BCUT2D eigenvalue weighted by atomic mass is 10.2. The monoisotopic (exact) mass is 422 g/mol. The van der Waals surface area contributed by atoms with E-state index in [0.29, 0.717) is 22.0 Å². The predicted octanol–water partition coefficient (Wildman–Crippen LogP) is 3.44. The van der Waals surface area contributed by atoms with Crippen molar-refractivity contribution in [2.75, 3.05) is 18.8 Å². The molecule has 1 aromatic carbocycles. The first-order chi connectivity index (χ1) is 13.1. The van der Waals surface area contributed by atoms with E-state index in [1.54, 1.807) is 39.2 Å². The van der Waals surface area contributed by atoms with Crippen LogP contribution in [0.25, 0.3) is 11.5 Å². The highest BCUT2D eigenvalue weighted by molar-refractivity contribution is 7.92. The molecule has 0 radical (unpaired) electrons. The van der Waals surface area contributed by atoms with Crippen LogP contribution in [-0.2, 0) is 10.0 Å². The zero-order chi connectivity index (χ0) is 20.6. The molecule has 2 N–H and O–H groups in total. The molecule has 0 bridgehead atoms. The van der Waals surface area contributed by atoms with Gasteiger partial charge in [-0.2, -0.15) is 5.10 Å². The number of aromatic nitrogens is 2. The van der Waals surface area contributed by atoms with Gasteiger partial charge in [0.15, 0.2) is 5.76 Å². The molecule has 10 heteroatoms. The summed E-state index contributed by atoms with van der Waals surface area (Å²) in [4.78, 5) is 13.6. The lowest BCUT2D eigenvalue weighted by Crippen LogP contribution is -2.21. The number of carbonyl (C=O) groups is 1. The van der Waals surface area contributed by atoms with E-state index in [9.17, 15) is 13.2 Å². The van der Waals surface area contributed by atoms with Crippen LogP contribution in [0.1, 0.15) is 21.7 Å². The van der Waals surface area contributed by atoms with Gasteiger partial charge in [0.25, 0.3) is 15.9 Å². The number of aryl methyl sites for hydroxylation is 2. The summed E-state index contributed by atoms with van der Waals surface area (Å²) in [5.74, 6) is 0.109. The molecule has 8 nitrogen and oxygen atoms in total. The third-order valence-electron chi connectivity index (χ3n) is 4.12. The number of carbonyl (C=O) groups excluding carboxylic acids is 1. The second kappa shape index (κ2) is 7.33. The maximum Gasteiger partial charge on any atom is 0.265 e. The predicted molar refractivity (Wildman–Crippen MR) is 106 cm³/mol. The van der Waals surface area contributed by atoms with Gasteiger partial charge >= 0.3 is 0 Å². The molecule has 0 saturated carbocycles. The zero-order valence-corrected chi connectivity index (χ0v) is 17.3. The summed E-state index contributed by atoms with van der Waals surface area (Å²) in [7, 11) is -0.692. The van der Waals surface area contributed by atoms with E-state index in [4.69, 9.17) is 16.0 Å². The molecule has 28 heavy (non-hydrogen) atoms. The number of anilines is 1. The van der Waals surface area contributed by atoms with E-state index in [1.807, 2.05) is 0 Å². The molecule has 0 fully saturated rings. The standard InChI is InChI=1S/C18H19ClN4O4S/c1-10-7-12(19)5-6-14(10)22-28(25,26)16-8-15(27-11(16)2)17-13(9-20-21-17)18(24)23(3)4/h5-9,22H,1-4H3,(H,20,21). The summed E-state index contributed by atoms with van der Waals surface area (Å²) < 4.78 is 33.9. The van der Waals surface area contributed by atoms with Gasteiger partial charge in [0.1, 0.15) is 16.3 Å². The van der Waals surface area contributed by atoms with Crippen molar-refractivity contribution >= 4 is 33.2 Å². The molecule has 3 rings (SSSR count). The minimum atomic E-state index is -3.92. The Bertz CT molecular complexity index is 1150. The third kappa shape index (κ3) is 3.76. The maximum atomic E-state index is 12.9. The Morgan fingerprint density at radius 3 is 2.61 bits per heavy atom. The summed E-state index contributed by atoms with van der Waals surface area (Å²) in [5.41, 5.74) is 1.69. The van der Waals surface area contributed by atoms with Crippen LogP contribution in [0.4, 0.5) is 5.69 Å². The number of nitrogens with zero attached hydrogens (tertiary/aromatic N) is 2. The lowest BCUT2D eigenvalue weighted by molar-refractivity contribution is 0.0828. The minimum Gasteiger partial charge on any atom is -0.458 e. The van der Waals surface area contributed by atoms with Gasteiger partial charge in [0.2, 0.25) is 0 Å². The molecular formula is C18H19ClN4O4S. The second-order valence-corrected chi connectivity index (χ2v) is 8.54. The molecule has 0 atom stereocenters. The molecule has 0 aliphatic rings. The minimum absolute atomic E-state index is 0.0327. The zero-order valence-electron chi connectivity index (χ0n) is 15.7. The number of aromatic amines is 1. The highest BCUT2D eigenvalue weighted by Crippen LogP contribution is 2.31. The van der Waals surface area contributed by atoms with E-state index >= 15 is 0 Å². The van der Waals surface area contributed by atoms with Crippen molar-refractivity contribution in [3.63, 3.8) is 0 Å². The average Bonchev–Trinajstić information content (AvgIpc) is 3.23. The van der Waals surface area contributed by atoms with Gasteiger partial charge in [0, 0.05) is 25.2 Å². The van der Waals surface area contributed by atoms with Gasteiger partial charge in [-0.3, -0.25) is 14.6 Å². The van der Waals surface area contributed by atoms with Crippen LogP contribution in [0.2, 0.25) is 5.02 Å². The Morgan fingerprint density at radius 2 is 1.96 bits per heavy atom. The highest BCUT2D eigenvalue weighted by atomic mass is 35.5. The van der Waals surface area contributed by atoms with Gasteiger partial charge < -0.3 is 9.32 Å². The number of furan rings is 1. The average molecular weight is 423 g/mol. The van der Waals surface area contributed by atoms with Crippen molar-refractivity contribution in [1.82, 2.24) is 15.1 Å². The number of halogens is 1. The molecule has 2 heterocycles. The summed E-state index contributed by atoms with van der Waals surface area (Å²) in [5, 5.41) is 7.09. The quantitative estimate of drug-likeness (QED) is 0.654. The molecule has 0 aliphatic heterocycles. The van der Waals surface area contributed by atoms with Crippen molar-refractivity contribution < 1.29 is 17.6 Å². The molecule has 148 valence electrons. The van der Waals surface area contributed by atoms with E-state index in [0.717, 1.165) is 0 Å². The van der Waals surface area contributed by atoms with Crippen molar-refractivity contribution in [3.05, 3.63) is 52.4 Å². The summed E-state index contributed by atoms with van der Waals surface area (Å²) in [6, 6.07) is 6.22. The maximum absolute atomic E-state index is 12.9. The highest BCUT2D eigenvalue weighted by Gasteiger charge is 2.26. The fraction of sp³-hybridized carbons (Fsp3) is 0.222. The second-order valence-electron chi connectivity index (χ2n) is 6.45. The number of H-pyrrole nitrogens is 1. The van der Waals surface area contributed by atoms with E-state index in [1.165, 1.54) is 24.1 Å². The van der Waals surface area contributed by atoms with Crippen LogP contribution in [0, 0.1) is 13.8 Å². The SMILES string of the molecule is Cc1cc(Cl)ccc1NS(=O)(=O)c1cc(-c2[nH]ncc2C(=O)N(C)C)oc1C. The van der Waals surface area contributed by atoms with Crippen LogP contribution < -0.4 is 4.72 Å². The number of rotatable bonds is 5. The van der Waals surface area contributed by atoms with Crippen LogP contribution in [0.3, 0.4) is 0 Å². The molecule has 0 unspecified atom stereocenters. The number of nitrogens with one attached hydrogen (secondary N) is 2. The number of amides is 1. The van der Waals surface area contributed by atoms with Gasteiger partial charge in [-0.1, -0.05) is 11.6 Å². The lowest BCUT2D eigenvalue weighted by Gasteiger charge is -2.10. The number of sulfonamides is 1. The van der Waals surface area contributed by atoms with Crippen molar-refractivity contribution in [2.45, 2.75) is 18.7 Å². The Hall–Kier alpha value is -2.78. The molecule has 0 saturated heterocycles. The van der Waals surface area contributed by atoms with E-state index in [2.05, 4.69) is 14.9 Å². The van der Waals surface area contributed by atoms with Gasteiger partial charge in [-0.25, -0.2) is 8.42 Å². The fourth-order valence-corrected chi connectivity index (χ4v) is 4.21. The Balaban J connectivity index is 1.99. The van der Waals surface area contributed by atoms with Crippen LogP contribution in [0.15, 0.2) is 39.8 Å². The van der Waals surface area contributed by atoms with Crippen molar-refractivity contribution in [1.29, 1.82) is 0 Å². The number of hydrogen-bond donors (Lipinski definition) is 2. The van der Waals surface area contributed by atoms with Crippen LogP contribution in [-0.4, -0.2) is 43.5 Å². The van der Waals surface area contributed by atoms with Crippen molar-refractivity contribution in [2.24, 2.45) is 0 Å². The van der Waals surface area contributed by atoms with Crippen LogP contribution >= 0.6 is 11.6 Å². The van der Waals surface area contributed by atoms with Gasteiger partial charge in [-0.15, -0.1) is 0 Å². The molecular weight excluding hydrogens is 404 g/mol. The first-order valence-corrected chi connectivity index (χ1v) is 10.1.